The molecule has 38 heavy (non-hydrogen) atoms. The highest BCUT2D eigenvalue weighted by Crippen LogP contribution is 2.69. The molecule has 210 valence electrons. The lowest BCUT2D eigenvalue weighted by molar-refractivity contribution is -0.213. The molecule has 2 aliphatic carbocycles. The molecule has 10 atom stereocenters. The summed E-state index contributed by atoms with van der Waals surface area (Å²) in [7, 11) is 0. The second-order valence-corrected chi connectivity index (χ2v) is 12.0. The zero-order valence-corrected chi connectivity index (χ0v) is 23.2. The van der Waals surface area contributed by atoms with Crippen LogP contribution in [0.25, 0.3) is 0 Å². The van der Waals surface area contributed by atoms with E-state index in [2.05, 4.69) is 0 Å². The molecule has 0 unspecified atom stereocenters. The summed E-state index contributed by atoms with van der Waals surface area (Å²) in [5, 5.41) is 0. The van der Waals surface area contributed by atoms with E-state index in [9.17, 15) is 19.2 Å². The van der Waals surface area contributed by atoms with Crippen LogP contribution in [0.4, 0.5) is 0 Å². The fourth-order valence-electron chi connectivity index (χ4n) is 7.51. The predicted octanol–water partition coefficient (Wildman–Crippen LogP) is 2.94. The third-order valence-corrected chi connectivity index (χ3v) is 9.50. The van der Waals surface area contributed by atoms with Crippen molar-refractivity contribution >= 4 is 23.9 Å². The van der Waals surface area contributed by atoms with Gasteiger partial charge in [-0.15, -0.1) is 0 Å². The summed E-state index contributed by atoms with van der Waals surface area (Å²) in [5.74, 6) is -2.57. The Morgan fingerprint density at radius 2 is 1.74 bits per heavy atom. The summed E-state index contributed by atoms with van der Waals surface area (Å²) >= 11 is 0. The van der Waals surface area contributed by atoms with Crippen LogP contribution in [0.15, 0.2) is 11.6 Å². The van der Waals surface area contributed by atoms with Gasteiger partial charge in [-0.1, -0.05) is 19.4 Å². The average molecular weight is 535 g/mol. The van der Waals surface area contributed by atoms with E-state index in [-0.39, 0.29) is 18.5 Å². The Hall–Kier alpha value is -2.46. The van der Waals surface area contributed by atoms with E-state index in [0.29, 0.717) is 25.7 Å². The molecule has 0 bridgehead atoms. The molecular weight excluding hydrogens is 496 g/mol. The maximum absolute atomic E-state index is 13.0. The van der Waals surface area contributed by atoms with E-state index in [1.165, 1.54) is 13.8 Å². The minimum Gasteiger partial charge on any atom is -0.462 e. The van der Waals surface area contributed by atoms with Crippen molar-refractivity contribution in [2.24, 2.45) is 11.3 Å². The highest BCUT2D eigenvalue weighted by molar-refractivity contribution is 5.89. The lowest BCUT2D eigenvalue weighted by Gasteiger charge is -2.54. The van der Waals surface area contributed by atoms with Gasteiger partial charge in [0.2, 0.25) is 0 Å². The van der Waals surface area contributed by atoms with Crippen molar-refractivity contribution in [3.05, 3.63) is 11.6 Å². The zero-order chi connectivity index (χ0) is 27.8. The molecule has 0 aromatic carbocycles. The molecule has 0 amide bonds. The van der Waals surface area contributed by atoms with Crippen LogP contribution in [0.1, 0.15) is 80.6 Å². The van der Waals surface area contributed by atoms with Crippen molar-refractivity contribution in [3.8, 4) is 0 Å². The van der Waals surface area contributed by atoms with E-state index in [4.69, 9.17) is 28.4 Å². The summed E-state index contributed by atoms with van der Waals surface area (Å²) in [6.45, 7) is 12.0. The van der Waals surface area contributed by atoms with Crippen molar-refractivity contribution < 1.29 is 47.6 Å². The Morgan fingerprint density at radius 1 is 1.05 bits per heavy atom. The number of rotatable bonds is 5. The maximum Gasteiger partial charge on any atom is 0.342 e. The Morgan fingerprint density at radius 3 is 2.34 bits per heavy atom. The molecule has 0 radical (unpaired) electrons. The van der Waals surface area contributed by atoms with Gasteiger partial charge in [-0.3, -0.25) is 14.4 Å². The third kappa shape index (κ3) is 3.73. The van der Waals surface area contributed by atoms with Gasteiger partial charge < -0.3 is 28.4 Å². The molecule has 5 rings (SSSR count). The smallest absolute Gasteiger partial charge is 0.342 e. The van der Waals surface area contributed by atoms with Crippen LogP contribution >= 0.6 is 0 Å². The fraction of sp³-hybridized carbons (Fsp3) is 0.786. The standard InChI is InChI=1S/C28H38O10/c1-8-9-21(31)35-17-11-10-14(2)12-20-28(27(7,38-28)24(32)36-20)23(34-16(4)30)22-25(17,5)18(33-15(3)29)13-19-26(22,6)37-19/h12,17-20,22-23H,8-11,13H2,1-7H3/b14-12-/t17-,18-,19-,20-,22+,23-,25-,26-,27-,28-/m0/s1. The monoisotopic (exact) mass is 534 g/mol. The molecule has 1 spiro atoms. The number of hydrogen-bond donors (Lipinski definition) is 0. The molecule has 0 N–H and O–H groups in total. The van der Waals surface area contributed by atoms with E-state index < -0.39 is 70.5 Å². The van der Waals surface area contributed by atoms with Crippen molar-refractivity contribution in [2.45, 2.75) is 128 Å². The molecule has 0 aromatic rings. The molecular formula is C28H38O10. The van der Waals surface area contributed by atoms with Crippen LogP contribution in [0, 0.1) is 11.3 Å². The Balaban J connectivity index is 1.73. The lowest BCUT2D eigenvalue weighted by atomic mass is 9.53. The normalized spacial score (nSPS) is 48.0. The molecule has 4 fully saturated rings. The Labute approximate surface area is 222 Å². The molecule has 10 heteroatoms. The molecule has 5 aliphatic rings. The minimum absolute atomic E-state index is 0.240. The number of hydrogen-bond acceptors (Lipinski definition) is 10. The lowest BCUT2D eigenvalue weighted by Crippen LogP contribution is -2.66. The van der Waals surface area contributed by atoms with Crippen molar-refractivity contribution in [1.29, 1.82) is 0 Å². The van der Waals surface area contributed by atoms with Gasteiger partial charge in [0.1, 0.15) is 18.3 Å². The Kier molecular flexibility index (Phi) is 6.26. The van der Waals surface area contributed by atoms with Crippen molar-refractivity contribution in [1.82, 2.24) is 0 Å². The van der Waals surface area contributed by atoms with Crippen molar-refractivity contribution in [3.63, 3.8) is 0 Å². The summed E-state index contributed by atoms with van der Waals surface area (Å²) in [6, 6.07) is 0. The SMILES string of the molecule is CCCC(=O)O[C@H]1CC/C(C)=C\[C@@H]2OC(=O)[C@]3(C)O[C@]23[C@@H](OC(C)=O)[C@H]2[C@@]3(C)O[C@H]3C[C@H](OC(C)=O)[C@]12C. The summed E-state index contributed by atoms with van der Waals surface area (Å²) in [6.07, 6.45) is 0.583. The molecule has 3 saturated heterocycles. The first kappa shape index (κ1) is 27.1. The van der Waals surface area contributed by atoms with Gasteiger partial charge in [0.05, 0.1) is 17.1 Å². The highest BCUT2D eigenvalue weighted by atomic mass is 16.7. The zero-order valence-electron chi connectivity index (χ0n) is 23.2. The van der Waals surface area contributed by atoms with Crippen LogP contribution in [0.3, 0.4) is 0 Å². The average Bonchev–Trinajstić information content (AvgIpc) is 3.64. The summed E-state index contributed by atoms with van der Waals surface area (Å²) in [5.41, 5.74) is -3.59. The van der Waals surface area contributed by atoms with Gasteiger partial charge in [-0.2, -0.15) is 0 Å². The predicted molar refractivity (Wildman–Crippen MR) is 130 cm³/mol. The number of carbonyl (C=O) groups is 4. The number of carbonyl (C=O) groups excluding carboxylic acids is 4. The van der Waals surface area contributed by atoms with Crippen LogP contribution < -0.4 is 0 Å². The Bertz CT molecular complexity index is 1100. The van der Waals surface area contributed by atoms with Gasteiger partial charge in [0, 0.05) is 32.6 Å². The largest absolute Gasteiger partial charge is 0.462 e. The third-order valence-electron chi connectivity index (χ3n) is 9.50. The number of epoxide rings is 2. The second kappa shape index (κ2) is 8.78. The molecule has 3 aliphatic heterocycles. The van der Waals surface area contributed by atoms with Gasteiger partial charge in [0.15, 0.2) is 17.3 Å². The van der Waals surface area contributed by atoms with E-state index >= 15 is 0 Å². The molecule has 0 aromatic heterocycles. The first-order valence-corrected chi connectivity index (χ1v) is 13.5. The van der Waals surface area contributed by atoms with Crippen LogP contribution in [-0.4, -0.2) is 71.2 Å². The second-order valence-electron chi connectivity index (χ2n) is 12.0. The summed E-state index contributed by atoms with van der Waals surface area (Å²) in [4.78, 5) is 50.9. The van der Waals surface area contributed by atoms with Gasteiger partial charge in [0.25, 0.3) is 0 Å². The summed E-state index contributed by atoms with van der Waals surface area (Å²) < 4.78 is 36.5. The first-order chi connectivity index (χ1) is 17.7. The topological polar surface area (TPSA) is 130 Å². The molecule has 3 heterocycles. The van der Waals surface area contributed by atoms with Gasteiger partial charge in [-0.05, 0) is 46.1 Å². The van der Waals surface area contributed by atoms with Crippen LogP contribution in [-0.2, 0) is 47.6 Å². The molecule has 10 nitrogen and oxygen atoms in total. The quantitative estimate of drug-likeness (QED) is 0.225. The fourth-order valence-corrected chi connectivity index (χ4v) is 7.51. The highest BCUT2D eigenvalue weighted by Gasteiger charge is 2.89. The first-order valence-electron chi connectivity index (χ1n) is 13.5. The number of esters is 4. The number of fused-ring (bicyclic) bond motifs is 3. The van der Waals surface area contributed by atoms with E-state index in [1.54, 1.807) is 6.92 Å². The van der Waals surface area contributed by atoms with Crippen LogP contribution in [0.2, 0.25) is 0 Å². The minimum atomic E-state index is -1.34. The van der Waals surface area contributed by atoms with Crippen molar-refractivity contribution in [2.75, 3.05) is 0 Å². The molecule has 1 saturated carbocycles. The number of ether oxygens (including phenoxy) is 6. The van der Waals surface area contributed by atoms with E-state index in [0.717, 1.165) is 5.57 Å². The maximum atomic E-state index is 13.0. The van der Waals surface area contributed by atoms with Gasteiger partial charge >= 0.3 is 23.9 Å². The van der Waals surface area contributed by atoms with Crippen LogP contribution in [0.5, 0.6) is 0 Å². The van der Waals surface area contributed by atoms with E-state index in [1.807, 2.05) is 33.8 Å². The van der Waals surface area contributed by atoms with Gasteiger partial charge in [-0.25, -0.2) is 4.79 Å². The number of allylic oxidation sites excluding steroid dienone is 1.